The molecule has 0 saturated heterocycles. The lowest BCUT2D eigenvalue weighted by Crippen LogP contribution is -2.13. The van der Waals surface area contributed by atoms with Gasteiger partial charge < -0.3 is 9.15 Å². The number of carbonyl (C=O) groups excluding carboxylic acids is 1. The molecule has 0 aromatic carbocycles. The van der Waals surface area contributed by atoms with Crippen molar-refractivity contribution >= 4 is 16.0 Å². The van der Waals surface area contributed by atoms with Crippen LogP contribution >= 0.6 is 0 Å². The normalized spacial score (nSPS) is 11.3. The van der Waals surface area contributed by atoms with Gasteiger partial charge in [-0.1, -0.05) is 0 Å². The Morgan fingerprint density at radius 2 is 2.36 bits per heavy atom. The quantitative estimate of drug-likeness (QED) is 0.687. The summed E-state index contributed by atoms with van der Waals surface area (Å²) < 4.78 is 30.4. The summed E-state index contributed by atoms with van der Waals surface area (Å²) in [5.41, 5.74) is -0.226. The van der Waals surface area contributed by atoms with Crippen molar-refractivity contribution in [3.8, 4) is 0 Å². The molecule has 8 heteroatoms. The summed E-state index contributed by atoms with van der Waals surface area (Å²) in [6.45, 7) is 1.77. The Labute approximate surface area is 79.9 Å². The zero-order chi connectivity index (χ0) is 10.8. The van der Waals surface area contributed by atoms with Gasteiger partial charge in [-0.15, -0.1) is 0 Å². The fourth-order valence-electron chi connectivity index (χ4n) is 0.687. The van der Waals surface area contributed by atoms with Gasteiger partial charge in [0.15, 0.2) is 5.69 Å². The number of aromatic nitrogens is 1. The van der Waals surface area contributed by atoms with Crippen molar-refractivity contribution < 1.29 is 22.4 Å². The Morgan fingerprint density at radius 3 is 2.79 bits per heavy atom. The van der Waals surface area contributed by atoms with Crippen LogP contribution in [0.15, 0.2) is 15.9 Å². The smallest absolute Gasteiger partial charge is 0.360 e. The van der Waals surface area contributed by atoms with Crippen molar-refractivity contribution in [3.63, 3.8) is 0 Å². The molecule has 1 heterocycles. The van der Waals surface area contributed by atoms with E-state index in [-0.39, 0.29) is 12.3 Å². The molecule has 0 amide bonds. The minimum Gasteiger partial charge on any atom is -0.461 e. The van der Waals surface area contributed by atoms with Crippen LogP contribution in [-0.4, -0.2) is 26.0 Å². The van der Waals surface area contributed by atoms with Crippen LogP contribution in [0.1, 0.15) is 17.4 Å². The predicted octanol–water partition coefficient (Wildman–Crippen LogP) is -0.501. The van der Waals surface area contributed by atoms with Crippen molar-refractivity contribution in [1.82, 2.24) is 4.98 Å². The number of hydrogen-bond acceptors (Lipinski definition) is 6. The maximum absolute atomic E-state index is 11.0. The van der Waals surface area contributed by atoms with E-state index in [1.165, 1.54) is 0 Å². The Hall–Kier alpha value is -1.41. The fraction of sp³-hybridized carbons (Fsp3) is 0.333. The van der Waals surface area contributed by atoms with Crippen molar-refractivity contribution in [2.75, 3.05) is 6.61 Å². The lowest BCUT2D eigenvalue weighted by Gasteiger charge is -1.94. The van der Waals surface area contributed by atoms with E-state index in [0.29, 0.717) is 0 Å². The second kappa shape index (κ2) is 3.76. The third-order valence-corrected chi connectivity index (χ3v) is 1.89. The molecule has 0 aliphatic rings. The molecule has 1 rings (SSSR count). The van der Waals surface area contributed by atoms with E-state index in [0.717, 1.165) is 6.26 Å². The van der Waals surface area contributed by atoms with E-state index in [1.54, 1.807) is 6.92 Å². The molecule has 14 heavy (non-hydrogen) atoms. The molecule has 1 aromatic rings. The van der Waals surface area contributed by atoms with Crippen molar-refractivity contribution in [1.29, 1.82) is 0 Å². The first-order valence-corrected chi connectivity index (χ1v) is 5.15. The van der Waals surface area contributed by atoms with Gasteiger partial charge in [-0.25, -0.2) is 18.4 Å². The number of esters is 1. The minimum atomic E-state index is -4.02. The van der Waals surface area contributed by atoms with Crippen molar-refractivity contribution in [2.24, 2.45) is 5.14 Å². The summed E-state index contributed by atoms with van der Waals surface area (Å²) in [5, 5.41) is 4.00. The first-order valence-electron chi connectivity index (χ1n) is 3.60. The molecule has 0 atom stereocenters. The largest absolute Gasteiger partial charge is 0.461 e. The number of sulfonamides is 1. The van der Waals surface area contributed by atoms with E-state index in [9.17, 15) is 13.2 Å². The highest BCUT2D eigenvalue weighted by molar-refractivity contribution is 7.88. The van der Waals surface area contributed by atoms with E-state index < -0.39 is 21.2 Å². The van der Waals surface area contributed by atoms with Crippen molar-refractivity contribution in [3.05, 3.63) is 12.0 Å². The SMILES string of the molecule is CCOC(=O)c1coc(S(N)(=O)=O)n1. The molecular weight excluding hydrogens is 212 g/mol. The number of nitrogens with zero attached hydrogens (tertiary/aromatic N) is 1. The Bertz CT molecular complexity index is 435. The van der Waals surface area contributed by atoms with Gasteiger partial charge in [0.1, 0.15) is 6.26 Å². The number of oxazole rings is 1. The second-order valence-corrected chi connectivity index (χ2v) is 3.70. The molecule has 0 saturated carbocycles. The summed E-state index contributed by atoms with van der Waals surface area (Å²) in [6.07, 6.45) is 0.873. The number of carbonyl (C=O) groups is 1. The average molecular weight is 220 g/mol. The van der Waals surface area contributed by atoms with Crippen LogP contribution in [0, 0.1) is 0 Å². The third kappa shape index (κ3) is 2.30. The molecule has 1 aromatic heterocycles. The van der Waals surface area contributed by atoms with Crippen LogP contribution in [0.2, 0.25) is 0 Å². The number of ether oxygens (including phenoxy) is 1. The molecule has 0 unspecified atom stereocenters. The molecule has 78 valence electrons. The van der Waals surface area contributed by atoms with E-state index in [2.05, 4.69) is 14.1 Å². The maximum Gasteiger partial charge on any atom is 0.360 e. The lowest BCUT2D eigenvalue weighted by atomic mass is 10.5. The highest BCUT2D eigenvalue weighted by atomic mass is 32.2. The van der Waals surface area contributed by atoms with Gasteiger partial charge >= 0.3 is 11.2 Å². The Kier molecular flexibility index (Phi) is 2.87. The minimum absolute atomic E-state index is 0.163. The zero-order valence-corrected chi connectivity index (χ0v) is 8.08. The molecule has 7 nitrogen and oxygen atoms in total. The first-order chi connectivity index (χ1) is 6.45. The Balaban J connectivity index is 2.94. The Morgan fingerprint density at radius 1 is 1.71 bits per heavy atom. The van der Waals surface area contributed by atoms with E-state index >= 15 is 0 Å². The van der Waals surface area contributed by atoms with Crippen LogP contribution in [0.4, 0.5) is 0 Å². The third-order valence-electron chi connectivity index (χ3n) is 1.21. The average Bonchev–Trinajstić information content (AvgIpc) is 2.51. The van der Waals surface area contributed by atoms with Gasteiger partial charge in [0.25, 0.3) is 10.0 Å². The molecule has 0 spiro atoms. The van der Waals surface area contributed by atoms with Gasteiger partial charge in [0.05, 0.1) is 6.61 Å². The van der Waals surface area contributed by atoms with Gasteiger partial charge in [0.2, 0.25) is 0 Å². The van der Waals surface area contributed by atoms with Gasteiger partial charge in [0, 0.05) is 0 Å². The first kappa shape index (κ1) is 10.7. The van der Waals surface area contributed by atoms with E-state index in [1.807, 2.05) is 0 Å². The summed E-state index contributed by atoms with van der Waals surface area (Å²) >= 11 is 0. The number of nitrogens with two attached hydrogens (primary N) is 1. The molecule has 2 N–H and O–H groups in total. The number of primary sulfonamides is 1. The summed E-state index contributed by atoms with van der Waals surface area (Å²) in [7, 11) is -4.02. The molecular formula is C6H8N2O5S. The zero-order valence-electron chi connectivity index (χ0n) is 7.26. The molecule has 0 bridgehead atoms. The van der Waals surface area contributed by atoms with Crippen LogP contribution in [0.25, 0.3) is 0 Å². The van der Waals surface area contributed by atoms with Gasteiger partial charge in [-0.05, 0) is 6.92 Å². The summed E-state index contributed by atoms with van der Waals surface area (Å²) in [4.78, 5) is 14.4. The van der Waals surface area contributed by atoms with Gasteiger partial charge in [-0.3, -0.25) is 0 Å². The highest BCUT2D eigenvalue weighted by Crippen LogP contribution is 2.07. The lowest BCUT2D eigenvalue weighted by molar-refractivity contribution is 0.0519. The van der Waals surface area contributed by atoms with Crippen LogP contribution in [0.5, 0.6) is 0 Å². The highest BCUT2D eigenvalue weighted by Gasteiger charge is 2.19. The standard InChI is InChI=1S/C6H8N2O5S/c1-2-12-5(9)4-3-13-6(8-4)14(7,10)11/h3H,2H2,1H3,(H2,7,10,11). The molecule has 0 aliphatic heterocycles. The number of rotatable bonds is 3. The van der Waals surface area contributed by atoms with Crippen LogP contribution in [-0.2, 0) is 14.8 Å². The van der Waals surface area contributed by atoms with Crippen LogP contribution in [0.3, 0.4) is 0 Å². The molecule has 0 radical (unpaired) electrons. The number of hydrogen-bond donors (Lipinski definition) is 1. The molecule has 0 fully saturated rings. The molecule has 0 aliphatic carbocycles. The van der Waals surface area contributed by atoms with E-state index in [4.69, 9.17) is 5.14 Å². The maximum atomic E-state index is 11.0. The monoisotopic (exact) mass is 220 g/mol. The van der Waals surface area contributed by atoms with Crippen LogP contribution < -0.4 is 5.14 Å². The predicted molar refractivity (Wildman–Crippen MR) is 43.8 cm³/mol. The van der Waals surface area contributed by atoms with Gasteiger partial charge in [-0.2, -0.15) is 4.98 Å². The summed E-state index contributed by atoms with van der Waals surface area (Å²) in [6, 6.07) is 0. The van der Waals surface area contributed by atoms with Crippen molar-refractivity contribution in [2.45, 2.75) is 12.1 Å². The fourth-order valence-corrected chi connectivity index (χ4v) is 1.09. The summed E-state index contributed by atoms with van der Waals surface area (Å²) in [5.74, 6) is -0.758. The second-order valence-electron chi connectivity index (χ2n) is 2.26. The topological polar surface area (TPSA) is 112 Å².